The maximum Gasteiger partial charge on any atom is 0.408 e. The minimum Gasteiger partial charge on any atom is -0.461 e. The minimum atomic E-state index is -1.52. The summed E-state index contributed by atoms with van der Waals surface area (Å²) in [5.41, 5.74) is 4.53. The van der Waals surface area contributed by atoms with Crippen molar-refractivity contribution < 1.29 is 28.6 Å². The number of carbonyl (C=O) groups is 3. The molecule has 0 saturated heterocycles. The van der Waals surface area contributed by atoms with Gasteiger partial charge in [0.25, 0.3) is 0 Å². The second kappa shape index (κ2) is 13.2. The lowest BCUT2D eigenvalue weighted by molar-refractivity contribution is -0.153. The number of hydrogen-bond acceptors (Lipinski definition) is 6. The highest BCUT2D eigenvalue weighted by Gasteiger charge is 2.38. The number of esters is 2. The first kappa shape index (κ1) is 28.6. The Morgan fingerprint density at radius 3 is 1.74 bits per heavy atom. The number of hydrogen-bond donors (Lipinski definition) is 1. The first-order valence-electron chi connectivity index (χ1n) is 14.0. The Morgan fingerprint density at radius 1 is 0.667 bits per heavy atom. The fourth-order valence-electron chi connectivity index (χ4n) is 5.12. The van der Waals surface area contributed by atoms with Crippen molar-refractivity contribution in [2.45, 2.75) is 44.4 Å². The molecule has 0 radical (unpaired) electrons. The predicted molar refractivity (Wildman–Crippen MR) is 158 cm³/mol. The molecule has 0 bridgehead atoms. The van der Waals surface area contributed by atoms with Crippen molar-refractivity contribution in [1.82, 2.24) is 5.32 Å². The molecule has 0 spiro atoms. The van der Waals surface area contributed by atoms with Gasteiger partial charge in [0, 0.05) is 12.3 Å². The van der Waals surface area contributed by atoms with Gasteiger partial charge in [0.05, 0.1) is 0 Å². The maximum absolute atomic E-state index is 13.3. The van der Waals surface area contributed by atoms with Gasteiger partial charge in [0.2, 0.25) is 0 Å². The lowest BCUT2D eigenvalue weighted by atomic mass is 9.96. The molecule has 7 nitrogen and oxygen atoms in total. The van der Waals surface area contributed by atoms with E-state index >= 15 is 0 Å². The SMILES string of the molecule is C[C@@](CCC(=O)OCc1ccccc1)(NC(=O)OCC1c2ccccc2-c2ccccc21)C(=O)OCc1ccccc1. The van der Waals surface area contributed by atoms with Crippen LogP contribution in [0.2, 0.25) is 0 Å². The number of benzene rings is 4. The predicted octanol–water partition coefficient (Wildman–Crippen LogP) is 6.55. The van der Waals surface area contributed by atoms with Crippen LogP contribution in [-0.2, 0) is 37.0 Å². The Bertz CT molecular complexity index is 1490. The van der Waals surface area contributed by atoms with Gasteiger partial charge in [-0.05, 0) is 46.7 Å². The number of nitrogens with one attached hydrogen (secondary N) is 1. The van der Waals surface area contributed by atoms with Gasteiger partial charge >= 0.3 is 18.0 Å². The molecule has 42 heavy (non-hydrogen) atoms. The summed E-state index contributed by atoms with van der Waals surface area (Å²) in [6.45, 7) is 1.77. The van der Waals surface area contributed by atoms with E-state index in [0.29, 0.717) is 0 Å². The normalized spacial score (nSPS) is 13.3. The third-order valence-electron chi connectivity index (χ3n) is 7.46. The molecule has 1 aliphatic rings. The van der Waals surface area contributed by atoms with Crippen molar-refractivity contribution >= 4 is 18.0 Å². The highest BCUT2D eigenvalue weighted by atomic mass is 16.6. The molecule has 1 N–H and O–H groups in total. The average molecular weight is 564 g/mol. The van der Waals surface area contributed by atoms with E-state index in [0.717, 1.165) is 33.4 Å². The summed E-state index contributed by atoms with van der Waals surface area (Å²) in [4.78, 5) is 39.0. The van der Waals surface area contributed by atoms with E-state index in [9.17, 15) is 14.4 Å². The summed E-state index contributed by atoms with van der Waals surface area (Å²) in [5, 5.41) is 2.69. The lowest BCUT2D eigenvalue weighted by Gasteiger charge is -2.28. The summed E-state index contributed by atoms with van der Waals surface area (Å²) in [5.74, 6) is -1.29. The van der Waals surface area contributed by atoms with Crippen LogP contribution in [0.5, 0.6) is 0 Å². The van der Waals surface area contributed by atoms with Gasteiger partial charge in [-0.15, -0.1) is 0 Å². The topological polar surface area (TPSA) is 90.9 Å². The zero-order valence-electron chi connectivity index (χ0n) is 23.5. The van der Waals surface area contributed by atoms with Crippen LogP contribution in [0.15, 0.2) is 109 Å². The summed E-state index contributed by atoms with van der Waals surface area (Å²) >= 11 is 0. The van der Waals surface area contributed by atoms with Crippen LogP contribution in [-0.4, -0.2) is 30.2 Å². The number of rotatable bonds is 11. The van der Waals surface area contributed by atoms with Crippen molar-refractivity contribution in [3.05, 3.63) is 131 Å². The van der Waals surface area contributed by atoms with E-state index in [-0.39, 0.29) is 38.6 Å². The molecule has 0 aromatic heterocycles. The fraction of sp³-hybridized carbons (Fsp3) is 0.229. The number of alkyl carbamates (subject to hydrolysis) is 1. The number of amides is 1. The monoisotopic (exact) mass is 563 g/mol. The zero-order chi connectivity index (χ0) is 29.4. The maximum atomic E-state index is 13.3. The van der Waals surface area contributed by atoms with Gasteiger partial charge < -0.3 is 19.5 Å². The molecule has 0 aliphatic heterocycles. The van der Waals surface area contributed by atoms with Crippen molar-refractivity contribution in [3.63, 3.8) is 0 Å². The average Bonchev–Trinajstić information content (AvgIpc) is 3.35. The molecule has 5 rings (SSSR count). The first-order valence-corrected chi connectivity index (χ1v) is 14.0. The molecular weight excluding hydrogens is 530 g/mol. The first-order chi connectivity index (χ1) is 20.4. The molecule has 7 heteroatoms. The molecule has 0 fully saturated rings. The molecule has 0 saturated carbocycles. The van der Waals surface area contributed by atoms with Crippen LogP contribution >= 0.6 is 0 Å². The standard InChI is InChI=1S/C35H33NO6/c1-35(33(38)41-23-26-14-6-3-7-15-26,21-20-32(37)40-22-25-12-4-2-5-13-25)36-34(39)42-24-31-29-18-10-8-16-27(29)28-17-9-11-19-30(28)31/h2-19,31H,20-24H2,1H3,(H,36,39)/t35-/m0/s1. The molecule has 1 atom stereocenters. The summed E-state index contributed by atoms with van der Waals surface area (Å²) < 4.78 is 16.6. The van der Waals surface area contributed by atoms with Gasteiger partial charge in [0.1, 0.15) is 25.4 Å². The van der Waals surface area contributed by atoms with E-state index in [2.05, 4.69) is 17.4 Å². The molecule has 214 valence electrons. The van der Waals surface area contributed by atoms with Crippen molar-refractivity contribution in [1.29, 1.82) is 0 Å². The van der Waals surface area contributed by atoms with E-state index in [4.69, 9.17) is 14.2 Å². The molecule has 4 aromatic carbocycles. The van der Waals surface area contributed by atoms with Crippen LogP contribution in [0.25, 0.3) is 11.1 Å². The van der Waals surface area contributed by atoms with Crippen molar-refractivity contribution in [2.24, 2.45) is 0 Å². The Hall–Kier alpha value is -4.91. The second-order valence-electron chi connectivity index (χ2n) is 10.5. The number of carbonyl (C=O) groups excluding carboxylic acids is 3. The fourth-order valence-corrected chi connectivity index (χ4v) is 5.12. The summed E-state index contributed by atoms with van der Waals surface area (Å²) in [6, 6.07) is 34.7. The van der Waals surface area contributed by atoms with Gasteiger partial charge in [-0.2, -0.15) is 0 Å². The Morgan fingerprint density at radius 2 is 1.17 bits per heavy atom. The molecule has 1 amide bonds. The molecule has 0 unspecified atom stereocenters. The third-order valence-corrected chi connectivity index (χ3v) is 7.46. The molecule has 1 aliphatic carbocycles. The van der Waals surface area contributed by atoms with Gasteiger partial charge in [-0.25, -0.2) is 9.59 Å². The minimum absolute atomic E-state index is 0.0279. The van der Waals surface area contributed by atoms with Gasteiger partial charge in [0.15, 0.2) is 0 Å². The van der Waals surface area contributed by atoms with Crippen LogP contribution in [0.1, 0.15) is 47.9 Å². The van der Waals surface area contributed by atoms with Crippen LogP contribution in [0.4, 0.5) is 4.79 Å². The van der Waals surface area contributed by atoms with Crippen LogP contribution in [0.3, 0.4) is 0 Å². The molecule has 4 aromatic rings. The van der Waals surface area contributed by atoms with Gasteiger partial charge in [-0.1, -0.05) is 109 Å². The third kappa shape index (κ3) is 6.86. The smallest absolute Gasteiger partial charge is 0.408 e. The van der Waals surface area contributed by atoms with E-state index < -0.39 is 23.6 Å². The Labute approximate surface area is 245 Å². The molecular formula is C35H33NO6. The van der Waals surface area contributed by atoms with E-state index in [1.165, 1.54) is 6.92 Å². The van der Waals surface area contributed by atoms with Gasteiger partial charge in [-0.3, -0.25) is 4.79 Å². The quantitative estimate of drug-likeness (QED) is 0.164. The van der Waals surface area contributed by atoms with E-state index in [1.54, 1.807) is 0 Å². The number of fused-ring (bicyclic) bond motifs is 3. The Balaban J connectivity index is 1.24. The van der Waals surface area contributed by atoms with Crippen molar-refractivity contribution in [2.75, 3.05) is 6.61 Å². The largest absolute Gasteiger partial charge is 0.461 e. The van der Waals surface area contributed by atoms with E-state index in [1.807, 2.05) is 97.1 Å². The van der Waals surface area contributed by atoms with Crippen LogP contribution in [0, 0.1) is 0 Å². The van der Waals surface area contributed by atoms with Crippen LogP contribution < -0.4 is 5.32 Å². The summed E-state index contributed by atoms with van der Waals surface area (Å²) in [7, 11) is 0. The lowest BCUT2D eigenvalue weighted by Crippen LogP contribution is -2.53. The van der Waals surface area contributed by atoms with Crippen molar-refractivity contribution in [3.8, 4) is 11.1 Å². The second-order valence-corrected chi connectivity index (χ2v) is 10.5. The number of ether oxygens (including phenoxy) is 3. The Kier molecular flexibility index (Phi) is 8.97. The molecule has 0 heterocycles. The highest BCUT2D eigenvalue weighted by Crippen LogP contribution is 2.44. The highest BCUT2D eigenvalue weighted by molar-refractivity contribution is 5.86. The zero-order valence-corrected chi connectivity index (χ0v) is 23.5. The summed E-state index contributed by atoms with van der Waals surface area (Å²) in [6.07, 6.45) is -0.903.